The number of halogens is 2. The van der Waals surface area contributed by atoms with Crippen LogP contribution in [0.1, 0.15) is 13.2 Å². The molecule has 1 aliphatic rings. The van der Waals surface area contributed by atoms with Gasteiger partial charge in [-0.25, -0.2) is 23.3 Å². The SMILES string of the molecule is C[C@H](OP(=O)(O)OP(=O)(O)OP(=O)(O)O)[C@H]1O[C@@H](n2cnc(=O)[nH]c2=O)C(Cl)(C#CCl)[C@H]1O. The van der Waals surface area contributed by atoms with E-state index in [0.29, 0.717) is 10.9 Å². The molecule has 0 saturated carbocycles. The molecule has 186 valence electrons. The van der Waals surface area contributed by atoms with Crippen LogP contribution in [-0.4, -0.2) is 62.4 Å². The number of H-pyrrole nitrogens is 1. The standard InChI is InChI=1S/C11H14Cl2N3O14P3/c1-5(28-32(23,24)30-33(25,26)29-31(20,21)22)6-7(17)11(13,2-3-12)8(27-6)16-4-14-9(18)15-10(16)19/h4-8,17H,1H3,(H,23,24)(H,25,26)(H,15,18,19)(H2,20,21,22)/t5-,6+,7-,8+,11?/m0/s1. The molecule has 17 nitrogen and oxygen atoms in total. The first-order valence-corrected chi connectivity index (χ1v) is 13.3. The van der Waals surface area contributed by atoms with Crippen LogP contribution in [0.5, 0.6) is 0 Å². The highest BCUT2D eigenvalue weighted by Crippen LogP contribution is 2.66. The molecule has 3 unspecified atom stereocenters. The lowest BCUT2D eigenvalue weighted by Gasteiger charge is -2.26. The number of hydrogen-bond acceptors (Lipinski definition) is 11. The predicted octanol–water partition coefficient (Wildman–Crippen LogP) is -0.901. The van der Waals surface area contributed by atoms with Crippen LogP contribution in [0.15, 0.2) is 15.9 Å². The number of phosphoric ester groups is 1. The highest BCUT2D eigenvalue weighted by Gasteiger charge is 2.58. The molecule has 1 aromatic rings. The Balaban J connectivity index is 2.32. The van der Waals surface area contributed by atoms with E-state index >= 15 is 0 Å². The zero-order valence-electron chi connectivity index (χ0n) is 15.8. The van der Waals surface area contributed by atoms with Crippen LogP contribution in [0.4, 0.5) is 0 Å². The van der Waals surface area contributed by atoms with Gasteiger partial charge in [-0.05, 0) is 18.5 Å². The Bertz CT molecular complexity index is 1220. The van der Waals surface area contributed by atoms with Gasteiger partial charge in [0.05, 0.1) is 6.10 Å². The van der Waals surface area contributed by atoms with E-state index in [0.717, 1.165) is 6.92 Å². The van der Waals surface area contributed by atoms with E-state index in [1.807, 2.05) is 5.38 Å². The molecule has 1 fully saturated rings. The number of nitrogens with one attached hydrogen (secondary N) is 1. The van der Waals surface area contributed by atoms with Crippen LogP contribution in [-0.2, 0) is 31.6 Å². The second-order valence-corrected chi connectivity index (χ2v) is 11.4. The molecule has 1 aliphatic heterocycles. The molecule has 0 radical (unpaired) electrons. The van der Waals surface area contributed by atoms with Crippen molar-refractivity contribution in [3.8, 4) is 11.3 Å². The van der Waals surface area contributed by atoms with E-state index in [1.54, 1.807) is 4.98 Å². The summed E-state index contributed by atoms with van der Waals surface area (Å²) in [7, 11) is -17.0. The zero-order chi connectivity index (χ0) is 25.4. The molecule has 0 aliphatic carbocycles. The Hall–Kier alpha value is -0.920. The smallest absolute Gasteiger partial charge is 0.387 e. The molecule has 0 spiro atoms. The van der Waals surface area contributed by atoms with Gasteiger partial charge in [0.15, 0.2) is 11.1 Å². The summed E-state index contributed by atoms with van der Waals surface area (Å²) in [5.74, 6) is 2.19. The van der Waals surface area contributed by atoms with Gasteiger partial charge in [-0.3, -0.25) is 14.1 Å². The fourth-order valence-electron chi connectivity index (χ4n) is 2.64. The van der Waals surface area contributed by atoms with Crippen LogP contribution in [0, 0.1) is 11.3 Å². The van der Waals surface area contributed by atoms with Gasteiger partial charge < -0.3 is 29.4 Å². The van der Waals surface area contributed by atoms with Gasteiger partial charge in [-0.1, -0.05) is 17.5 Å². The fourth-order valence-corrected chi connectivity index (χ4v) is 6.38. The maximum absolute atomic E-state index is 12.1. The topological polar surface area (TPSA) is 257 Å². The molecule has 6 N–H and O–H groups in total. The average Bonchev–Trinajstić information content (AvgIpc) is 2.83. The highest BCUT2D eigenvalue weighted by atomic mass is 35.5. The fraction of sp³-hybridized carbons (Fsp3) is 0.545. The number of aromatic amines is 1. The summed E-state index contributed by atoms with van der Waals surface area (Å²) in [6, 6.07) is 0. The van der Waals surface area contributed by atoms with E-state index in [9.17, 15) is 38.2 Å². The number of alkyl halides is 1. The lowest BCUT2D eigenvalue weighted by Crippen LogP contribution is -2.45. The number of aliphatic hydroxyl groups is 1. The minimum absolute atomic E-state index is 0.621. The summed E-state index contributed by atoms with van der Waals surface area (Å²) in [6.07, 6.45) is -6.34. The Morgan fingerprint density at radius 1 is 1.24 bits per heavy atom. The molecule has 22 heteroatoms. The van der Waals surface area contributed by atoms with E-state index < -0.39 is 64.3 Å². The summed E-state index contributed by atoms with van der Waals surface area (Å²) in [6.45, 7) is 0.994. The largest absolute Gasteiger partial charge is 0.490 e. The summed E-state index contributed by atoms with van der Waals surface area (Å²) in [5, 5.41) is 12.5. The van der Waals surface area contributed by atoms with Crippen LogP contribution in [0.2, 0.25) is 0 Å². The van der Waals surface area contributed by atoms with Crippen molar-refractivity contribution in [3.05, 3.63) is 27.3 Å². The quantitative estimate of drug-likeness (QED) is 0.125. The third-order valence-electron chi connectivity index (χ3n) is 3.80. The third kappa shape index (κ3) is 7.04. The van der Waals surface area contributed by atoms with E-state index in [4.69, 9.17) is 37.7 Å². The van der Waals surface area contributed by atoms with Gasteiger partial charge in [-0.15, -0.1) is 0 Å². The van der Waals surface area contributed by atoms with Crippen molar-refractivity contribution in [2.45, 2.75) is 36.3 Å². The van der Waals surface area contributed by atoms with Gasteiger partial charge in [-0.2, -0.15) is 13.6 Å². The number of rotatable bonds is 8. The molecule has 2 rings (SSSR count). The molecule has 1 aromatic heterocycles. The maximum Gasteiger partial charge on any atom is 0.490 e. The number of aromatic nitrogens is 3. The van der Waals surface area contributed by atoms with Gasteiger partial charge in [0.2, 0.25) is 0 Å². The van der Waals surface area contributed by atoms with Crippen molar-refractivity contribution < 1.29 is 56.3 Å². The van der Waals surface area contributed by atoms with Crippen molar-refractivity contribution in [1.29, 1.82) is 0 Å². The Morgan fingerprint density at radius 3 is 2.36 bits per heavy atom. The van der Waals surface area contributed by atoms with Crippen molar-refractivity contribution in [1.82, 2.24) is 14.5 Å². The molecule has 0 bridgehead atoms. The predicted molar refractivity (Wildman–Crippen MR) is 106 cm³/mol. The summed E-state index contributed by atoms with van der Waals surface area (Å²) in [5.41, 5.74) is -2.11. The third-order valence-corrected chi connectivity index (χ3v) is 8.33. The van der Waals surface area contributed by atoms with Gasteiger partial charge in [0.1, 0.15) is 18.5 Å². The molecule has 2 heterocycles. The first-order chi connectivity index (χ1) is 14.9. The van der Waals surface area contributed by atoms with Crippen LogP contribution in [0.3, 0.4) is 0 Å². The first kappa shape index (κ1) is 28.3. The number of ether oxygens (including phenoxy) is 1. The monoisotopic (exact) mass is 575 g/mol. The number of nitrogens with zero attached hydrogens (tertiary/aromatic N) is 2. The van der Waals surface area contributed by atoms with Crippen molar-refractivity contribution in [2.75, 3.05) is 0 Å². The molecule has 33 heavy (non-hydrogen) atoms. The number of aliphatic hydroxyl groups excluding tert-OH is 1. The second kappa shape index (κ2) is 9.98. The van der Waals surface area contributed by atoms with Gasteiger partial charge in [0.25, 0.3) is 0 Å². The van der Waals surface area contributed by atoms with Crippen molar-refractivity contribution in [2.24, 2.45) is 0 Å². The molecular weight excluding hydrogens is 562 g/mol. The van der Waals surface area contributed by atoms with E-state index in [-0.39, 0.29) is 0 Å². The van der Waals surface area contributed by atoms with E-state index in [1.165, 1.54) is 0 Å². The van der Waals surface area contributed by atoms with E-state index in [2.05, 4.69) is 24.0 Å². The van der Waals surface area contributed by atoms with Crippen LogP contribution in [0.25, 0.3) is 0 Å². The summed E-state index contributed by atoms with van der Waals surface area (Å²) >= 11 is 11.7. The molecule has 1 saturated heterocycles. The Labute approximate surface area is 192 Å². The lowest BCUT2D eigenvalue weighted by atomic mass is 9.97. The number of phosphoric acid groups is 3. The minimum atomic E-state index is -5.80. The van der Waals surface area contributed by atoms with Gasteiger partial charge >= 0.3 is 34.8 Å². The average molecular weight is 576 g/mol. The first-order valence-electron chi connectivity index (χ1n) is 8.06. The molecule has 7 atom stereocenters. The minimum Gasteiger partial charge on any atom is -0.387 e. The summed E-state index contributed by atoms with van der Waals surface area (Å²) < 4.78 is 52.0. The Kier molecular flexibility index (Phi) is 8.56. The molecular formula is C11H14Cl2N3O14P3. The van der Waals surface area contributed by atoms with Gasteiger partial charge in [0, 0.05) is 5.38 Å². The van der Waals surface area contributed by atoms with Crippen molar-refractivity contribution >= 4 is 46.7 Å². The summed E-state index contributed by atoms with van der Waals surface area (Å²) in [4.78, 5) is 62.2. The second-order valence-electron chi connectivity index (χ2n) is 6.17. The Morgan fingerprint density at radius 2 is 1.85 bits per heavy atom. The van der Waals surface area contributed by atoms with Crippen LogP contribution < -0.4 is 11.4 Å². The van der Waals surface area contributed by atoms with Crippen molar-refractivity contribution in [3.63, 3.8) is 0 Å². The van der Waals surface area contributed by atoms with Crippen LogP contribution >= 0.6 is 46.7 Å². The highest BCUT2D eigenvalue weighted by molar-refractivity contribution is 7.66. The zero-order valence-corrected chi connectivity index (χ0v) is 20.0. The molecule has 0 aromatic carbocycles. The maximum atomic E-state index is 12.1. The lowest BCUT2D eigenvalue weighted by molar-refractivity contribution is -0.0752. The normalized spacial score (nSPS) is 30.0. The molecule has 0 amide bonds. The number of hydrogen-bond donors (Lipinski definition) is 6.